The molecule has 0 bridgehead atoms. The molecular formula is C11H14Cl3N. The number of hydrogen-bond acceptors (Lipinski definition) is 1. The number of halogens is 3. The van der Waals surface area contributed by atoms with Crippen molar-refractivity contribution in [3.05, 3.63) is 28.2 Å². The minimum Gasteiger partial charge on any atom is -0.371 e. The molecule has 0 aliphatic carbocycles. The normalized spacial score (nSPS) is 16.0. The summed E-state index contributed by atoms with van der Waals surface area (Å²) in [6.07, 6.45) is 3.90. The molecule has 0 saturated carbocycles. The molecule has 15 heavy (non-hydrogen) atoms. The van der Waals surface area contributed by atoms with Gasteiger partial charge in [0.15, 0.2) is 0 Å². The van der Waals surface area contributed by atoms with E-state index in [0.29, 0.717) is 10.0 Å². The quantitative estimate of drug-likeness (QED) is 0.728. The molecule has 0 spiro atoms. The molecule has 0 aromatic heterocycles. The summed E-state index contributed by atoms with van der Waals surface area (Å²) in [7, 11) is 0. The number of benzene rings is 1. The lowest BCUT2D eigenvalue weighted by Gasteiger charge is -2.28. The first-order chi connectivity index (χ1) is 6.77. The summed E-state index contributed by atoms with van der Waals surface area (Å²) in [6, 6.07) is 5.86. The van der Waals surface area contributed by atoms with E-state index >= 15 is 0 Å². The molecule has 4 heteroatoms. The highest BCUT2D eigenvalue weighted by Gasteiger charge is 2.11. The van der Waals surface area contributed by atoms with E-state index in [0.717, 1.165) is 13.1 Å². The Morgan fingerprint density at radius 1 is 0.933 bits per heavy atom. The zero-order chi connectivity index (χ0) is 9.97. The van der Waals surface area contributed by atoms with Gasteiger partial charge in [-0.3, -0.25) is 0 Å². The molecule has 0 amide bonds. The lowest BCUT2D eigenvalue weighted by Crippen LogP contribution is -2.29. The van der Waals surface area contributed by atoms with Gasteiger partial charge in [-0.1, -0.05) is 23.2 Å². The molecule has 0 radical (unpaired) electrons. The highest BCUT2D eigenvalue weighted by atomic mass is 35.5. The van der Waals surface area contributed by atoms with Gasteiger partial charge in [0.1, 0.15) is 0 Å². The van der Waals surface area contributed by atoms with Crippen LogP contribution in [0.2, 0.25) is 10.0 Å². The van der Waals surface area contributed by atoms with E-state index in [1.165, 1.54) is 24.9 Å². The summed E-state index contributed by atoms with van der Waals surface area (Å²) in [4.78, 5) is 2.37. The van der Waals surface area contributed by atoms with Crippen molar-refractivity contribution in [2.75, 3.05) is 18.0 Å². The van der Waals surface area contributed by atoms with Crippen LogP contribution in [0, 0.1) is 0 Å². The fraction of sp³-hybridized carbons (Fsp3) is 0.455. The van der Waals surface area contributed by atoms with Crippen LogP contribution >= 0.6 is 35.6 Å². The summed E-state index contributed by atoms with van der Waals surface area (Å²) in [5.74, 6) is 0. The van der Waals surface area contributed by atoms with Crippen molar-refractivity contribution >= 4 is 41.3 Å². The Bertz CT molecular complexity index is 322. The second-order valence-corrected chi connectivity index (χ2v) is 4.46. The zero-order valence-electron chi connectivity index (χ0n) is 8.38. The van der Waals surface area contributed by atoms with E-state index in [1.54, 1.807) is 0 Å². The zero-order valence-corrected chi connectivity index (χ0v) is 10.7. The van der Waals surface area contributed by atoms with E-state index < -0.39 is 0 Å². The summed E-state index contributed by atoms with van der Waals surface area (Å²) >= 11 is 11.8. The number of hydrogen-bond donors (Lipinski definition) is 0. The van der Waals surface area contributed by atoms with Gasteiger partial charge in [0, 0.05) is 18.8 Å². The number of rotatable bonds is 1. The summed E-state index contributed by atoms with van der Waals surface area (Å²) < 4.78 is 0. The first kappa shape index (κ1) is 13.0. The Morgan fingerprint density at radius 2 is 1.60 bits per heavy atom. The van der Waals surface area contributed by atoms with Crippen LogP contribution in [0.1, 0.15) is 19.3 Å². The number of nitrogens with zero attached hydrogens (tertiary/aromatic N) is 1. The maximum absolute atomic E-state index is 5.97. The van der Waals surface area contributed by atoms with Crippen molar-refractivity contribution in [3.63, 3.8) is 0 Å². The predicted octanol–water partition coefficient (Wildman–Crippen LogP) is 4.41. The molecule has 0 atom stereocenters. The van der Waals surface area contributed by atoms with Crippen LogP contribution in [-0.2, 0) is 0 Å². The average Bonchev–Trinajstić information content (AvgIpc) is 2.23. The molecule has 1 aliphatic rings. The van der Waals surface area contributed by atoms with E-state index in [-0.39, 0.29) is 12.4 Å². The van der Waals surface area contributed by atoms with Crippen LogP contribution in [0.3, 0.4) is 0 Å². The molecule has 0 N–H and O–H groups in total. The first-order valence-corrected chi connectivity index (χ1v) is 5.73. The second kappa shape index (κ2) is 5.83. The van der Waals surface area contributed by atoms with Crippen LogP contribution in [0.15, 0.2) is 18.2 Å². The number of piperidine rings is 1. The van der Waals surface area contributed by atoms with Gasteiger partial charge in [-0.25, -0.2) is 0 Å². The monoisotopic (exact) mass is 265 g/mol. The van der Waals surface area contributed by atoms with E-state index in [2.05, 4.69) is 4.90 Å². The van der Waals surface area contributed by atoms with Gasteiger partial charge in [0.05, 0.1) is 10.0 Å². The Labute approximate surface area is 107 Å². The van der Waals surface area contributed by atoms with Crippen molar-refractivity contribution in [3.8, 4) is 0 Å². The fourth-order valence-electron chi connectivity index (χ4n) is 1.83. The second-order valence-electron chi connectivity index (χ2n) is 3.65. The van der Waals surface area contributed by atoms with Crippen LogP contribution in [0.4, 0.5) is 5.69 Å². The number of anilines is 1. The van der Waals surface area contributed by atoms with Crippen molar-refractivity contribution in [2.45, 2.75) is 19.3 Å². The molecule has 1 heterocycles. The Hall–Kier alpha value is -0.110. The largest absolute Gasteiger partial charge is 0.371 e. The topological polar surface area (TPSA) is 3.24 Å². The minimum absolute atomic E-state index is 0. The summed E-state index contributed by atoms with van der Waals surface area (Å²) in [5.41, 5.74) is 1.19. The van der Waals surface area contributed by atoms with Gasteiger partial charge >= 0.3 is 0 Å². The van der Waals surface area contributed by atoms with Crippen molar-refractivity contribution in [1.82, 2.24) is 0 Å². The van der Waals surface area contributed by atoms with Gasteiger partial charge in [0.2, 0.25) is 0 Å². The molecular weight excluding hydrogens is 252 g/mol. The first-order valence-electron chi connectivity index (χ1n) is 4.97. The van der Waals surface area contributed by atoms with Gasteiger partial charge in [-0.2, -0.15) is 0 Å². The Balaban J connectivity index is 0.00000112. The molecule has 2 rings (SSSR count). The predicted molar refractivity (Wildman–Crippen MR) is 69.8 cm³/mol. The highest BCUT2D eigenvalue weighted by Crippen LogP contribution is 2.28. The SMILES string of the molecule is Cl.Clc1ccc(N2CCCCC2)cc1Cl. The lowest BCUT2D eigenvalue weighted by atomic mass is 10.1. The summed E-state index contributed by atoms with van der Waals surface area (Å²) in [6.45, 7) is 2.27. The van der Waals surface area contributed by atoms with Crippen LogP contribution in [0.5, 0.6) is 0 Å². The molecule has 0 unspecified atom stereocenters. The van der Waals surface area contributed by atoms with Gasteiger partial charge in [0.25, 0.3) is 0 Å². The summed E-state index contributed by atoms with van der Waals surface area (Å²) in [5, 5.41) is 1.28. The van der Waals surface area contributed by atoms with E-state index in [9.17, 15) is 0 Å². The van der Waals surface area contributed by atoms with Gasteiger partial charge in [-0.05, 0) is 37.5 Å². The van der Waals surface area contributed by atoms with Crippen LogP contribution in [0.25, 0.3) is 0 Å². The third kappa shape index (κ3) is 3.17. The molecule has 1 nitrogen and oxygen atoms in total. The van der Waals surface area contributed by atoms with E-state index in [1.807, 2.05) is 18.2 Å². The third-order valence-corrected chi connectivity index (χ3v) is 3.36. The third-order valence-electron chi connectivity index (χ3n) is 2.62. The van der Waals surface area contributed by atoms with E-state index in [4.69, 9.17) is 23.2 Å². The van der Waals surface area contributed by atoms with Crippen molar-refractivity contribution in [1.29, 1.82) is 0 Å². The lowest BCUT2D eigenvalue weighted by molar-refractivity contribution is 0.578. The van der Waals surface area contributed by atoms with Gasteiger partial charge < -0.3 is 4.90 Å². The van der Waals surface area contributed by atoms with Gasteiger partial charge in [-0.15, -0.1) is 12.4 Å². The standard InChI is InChI=1S/C11H13Cl2N.ClH/c12-10-5-4-9(8-11(10)13)14-6-2-1-3-7-14;/h4-5,8H,1-3,6-7H2;1H. The Morgan fingerprint density at radius 3 is 2.20 bits per heavy atom. The van der Waals surface area contributed by atoms with Crippen molar-refractivity contribution < 1.29 is 0 Å². The maximum Gasteiger partial charge on any atom is 0.0612 e. The smallest absolute Gasteiger partial charge is 0.0612 e. The average molecular weight is 267 g/mol. The maximum atomic E-state index is 5.97. The minimum atomic E-state index is 0. The van der Waals surface area contributed by atoms with Crippen LogP contribution < -0.4 is 4.90 Å². The molecule has 1 aromatic carbocycles. The molecule has 1 fully saturated rings. The molecule has 84 valence electrons. The van der Waals surface area contributed by atoms with Crippen LogP contribution in [-0.4, -0.2) is 13.1 Å². The molecule has 1 aliphatic heterocycles. The molecule has 1 aromatic rings. The molecule has 1 saturated heterocycles. The fourth-order valence-corrected chi connectivity index (χ4v) is 2.13. The Kier molecular flexibility index (Phi) is 5.04. The highest BCUT2D eigenvalue weighted by molar-refractivity contribution is 6.42. The van der Waals surface area contributed by atoms with Crippen molar-refractivity contribution in [2.24, 2.45) is 0 Å².